The average Bonchev–Trinajstić information content (AvgIpc) is 2.35. The Balaban J connectivity index is 2.21. The molecule has 2 rings (SSSR count). The van der Waals surface area contributed by atoms with E-state index in [2.05, 4.69) is 10.0 Å². The van der Waals surface area contributed by atoms with Crippen molar-refractivity contribution >= 4 is 27.3 Å². The minimum Gasteiger partial charge on any atom is -0.322 e. The number of nitrogens with one attached hydrogen (secondary N) is 2. The number of hydrogen-bond donors (Lipinski definition) is 2. The van der Waals surface area contributed by atoms with Gasteiger partial charge in [0.25, 0.3) is 5.91 Å². The lowest BCUT2D eigenvalue weighted by atomic mass is 10.1. The molecule has 0 heterocycles. The maximum atomic E-state index is 12.3. The zero-order valence-corrected chi connectivity index (χ0v) is 13.5. The fourth-order valence-corrected chi connectivity index (χ4v) is 2.74. The van der Waals surface area contributed by atoms with E-state index in [1.54, 1.807) is 18.2 Å². The predicted octanol–water partition coefficient (Wildman–Crippen LogP) is 2.93. The van der Waals surface area contributed by atoms with Crippen LogP contribution in [0.25, 0.3) is 0 Å². The molecule has 6 heteroatoms. The van der Waals surface area contributed by atoms with Crippen LogP contribution >= 0.6 is 0 Å². The number of sulfonamides is 1. The van der Waals surface area contributed by atoms with Crippen LogP contribution < -0.4 is 10.0 Å². The second kappa shape index (κ2) is 6.19. The molecule has 2 N–H and O–H groups in total. The number of amides is 1. The lowest BCUT2D eigenvalue weighted by Crippen LogP contribution is -2.14. The van der Waals surface area contributed by atoms with Gasteiger partial charge in [-0.2, -0.15) is 0 Å². The first-order valence-electron chi connectivity index (χ1n) is 6.70. The fraction of sp³-hybridized carbons (Fsp3) is 0.188. The van der Waals surface area contributed by atoms with Crippen molar-refractivity contribution in [3.63, 3.8) is 0 Å². The highest BCUT2D eigenvalue weighted by Gasteiger charge is 2.09. The molecular weight excluding hydrogens is 300 g/mol. The van der Waals surface area contributed by atoms with Gasteiger partial charge in [-0.3, -0.25) is 9.52 Å². The Labute approximate surface area is 130 Å². The molecule has 0 aromatic heterocycles. The molecule has 0 unspecified atom stereocenters. The lowest BCUT2D eigenvalue weighted by molar-refractivity contribution is 0.102. The molecule has 0 fully saturated rings. The molecule has 0 spiro atoms. The third-order valence-electron chi connectivity index (χ3n) is 2.91. The van der Waals surface area contributed by atoms with E-state index in [0.29, 0.717) is 16.9 Å². The Morgan fingerprint density at radius 2 is 1.59 bits per heavy atom. The third kappa shape index (κ3) is 4.60. The van der Waals surface area contributed by atoms with Gasteiger partial charge in [-0.25, -0.2) is 8.42 Å². The summed E-state index contributed by atoms with van der Waals surface area (Å²) < 4.78 is 24.8. The molecular formula is C16H18N2O3S. The molecule has 0 bridgehead atoms. The van der Waals surface area contributed by atoms with Crippen LogP contribution in [0, 0.1) is 13.8 Å². The monoisotopic (exact) mass is 318 g/mol. The third-order valence-corrected chi connectivity index (χ3v) is 3.51. The van der Waals surface area contributed by atoms with Crippen molar-refractivity contribution in [1.82, 2.24) is 0 Å². The summed E-state index contributed by atoms with van der Waals surface area (Å²) in [4.78, 5) is 12.3. The van der Waals surface area contributed by atoms with E-state index in [0.717, 1.165) is 17.4 Å². The van der Waals surface area contributed by atoms with E-state index < -0.39 is 10.0 Å². The first-order chi connectivity index (χ1) is 10.2. The van der Waals surface area contributed by atoms with Crippen LogP contribution in [0.3, 0.4) is 0 Å². The second-order valence-corrected chi connectivity index (χ2v) is 7.03. The summed E-state index contributed by atoms with van der Waals surface area (Å²) in [5, 5.41) is 2.81. The molecule has 0 aliphatic rings. The maximum absolute atomic E-state index is 12.3. The topological polar surface area (TPSA) is 75.3 Å². The highest BCUT2D eigenvalue weighted by molar-refractivity contribution is 7.92. The number of hydrogen-bond acceptors (Lipinski definition) is 3. The molecule has 0 aliphatic heterocycles. The number of anilines is 2. The summed E-state index contributed by atoms with van der Waals surface area (Å²) >= 11 is 0. The van der Waals surface area contributed by atoms with E-state index in [4.69, 9.17) is 0 Å². The van der Waals surface area contributed by atoms with Crippen molar-refractivity contribution in [2.75, 3.05) is 16.3 Å². The minimum atomic E-state index is -3.37. The van der Waals surface area contributed by atoms with Gasteiger partial charge >= 0.3 is 0 Å². The first-order valence-corrected chi connectivity index (χ1v) is 8.59. The highest BCUT2D eigenvalue weighted by atomic mass is 32.2. The van der Waals surface area contributed by atoms with Crippen LogP contribution in [-0.2, 0) is 10.0 Å². The number of carbonyl (C=O) groups excluding carboxylic acids is 1. The van der Waals surface area contributed by atoms with Gasteiger partial charge in [-0.1, -0.05) is 12.1 Å². The van der Waals surface area contributed by atoms with Crippen molar-refractivity contribution in [3.05, 3.63) is 59.2 Å². The van der Waals surface area contributed by atoms with E-state index in [-0.39, 0.29) is 5.91 Å². The molecule has 22 heavy (non-hydrogen) atoms. The van der Waals surface area contributed by atoms with Crippen LogP contribution in [0.5, 0.6) is 0 Å². The van der Waals surface area contributed by atoms with Crippen LogP contribution in [0.1, 0.15) is 21.5 Å². The molecule has 0 saturated heterocycles. The molecule has 0 saturated carbocycles. The zero-order chi connectivity index (χ0) is 16.3. The number of benzene rings is 2. The quantitative estimate of drug-likeness (QED) is 0.910. The Morgan fingerprint density at radius 3 is 2.18 bits per heavy atom. The SMILES string of the molecule is Cc1cc(C)cc(NC(=O)c2cccc(NS(C)(=O)=O)c2)c1. The van der Waals surface area contributed by atoms with Crippen LogP contribution in [0.15, 0.2) is 42.5 Å². The van der Waals surface area contributed by atoms with E-state index in [9.17, 15) is 13.2 Å². The Hall–Kier alpha value is -2.34. The van der Waals surface area contributed by atoms with Gasteiger partial charge in [0.1, 0.15) is 0 Å². The Kier molecular flexibility index (Phi) is 4.51. The largest absolute Gasteiger partial charge is 0.322 e. The van der Waals surface area contributed by atoms with Crippen molar-refractivity contribution in [3.8, 4) is 0 Å². The number of carbonyl (C=O) groups is 1. The van der Waals surface area contributed by atoms with Crippen molar-refractivity contribution in [1.29, 1.82) is 0 Å². The Morgan fingerprint density at radius 1 is 0.955 bits per heavy atom. The summed E-state index contributed by atoms with van der Waals surface area (Å²) in [6.07, 6.45) is 1.06. The van der Waals surface area contributed by atoms with Crippen molar-refractivity contribution in [2.24, 2.45) is 0 Å². The van der Waals surface area contributed by atoms with Crippen molar-refractivity contribution in [2.45, 2.75) is 13.8 Å². The second-order valence-electron chi connectivity index (χ2n) is 5.29. The van der Waals surface area contributed by atoms with Crippen LogP contribution in [0.4, 0.5) is 11.4 Å². The zero-order valence-electron chi connectivity index (χ0n) is 12.7. The van der Waals surface area contributed by atoms with Crippen molar-refractivity contribution < 1.29 is 13.2 Å². The number of aryl methyl sites for hydroxylation is 2. The van der Waals surface area contributed by atoms with E-state index in [1.165, 1.54) is 6.07 Å². The molecule has 2 aromatic rings. The number of rotatable bonds is 4. The summed E-state index contributed by atoms with van der Waals surface area (Å²) in [6.45, 7) is 3.92. The summed E-state index contributed by atoms with van der Waals surface area (Å²) in [6, 6.07) is 12.1. The van der Waals surface area contributed by atoms with Crippen LogP contribution in [-0.4, -0.2) is 20.6 Å². The predicted molar refractivity (Wildman–Crippen MR) is 88.8 cm³/mol. The summed E-state index contributed by atoms with van der Waals surface area (Å²) in [5.41, 5.74) is 3.57. The smallest absolute Gasteiger partial charge is 0.255 e. The Bertz CT molecular complexity index is 794. The molecule has 0 aliphatic carbocycles. The average molecular weight is 318 g/mol. The van der Waals surface area contributed by atoms with Gasteiger partial charge in [-0.05, 0) is 55.3 Å². The first kappa shape index (κ1) is 16.0. The van der Waals surface area contributed by atoms with Gasteiger partial charge in [0, 0.05) is 16.9 Å². The summed E-state index contributed by atoms with van der Waals surface area (Å²) in [5.74, 6) is -0.290. The van der Waals surface area contributed by atoms with Gasteiger partial charge in [0.05, 0.1) is 6.26 Å². The normalized spacial score (nSPS) is 11.0. The molecule has 1 amide bonds. The maximum Gasteiger partial charge on any atom is 0.255 e. The van der Waals surface area contributed by atoms with Gasteiger partial charge in [-0.15, -0.1) is 0 Å². The molecule has 0 radical (unpaired) electrons. The van der Waals surface area contributed by atoms with Gasteiger partial charge < -0.3 is 5.32 Å². The van der Waals surface area contributed by atoms with Gasteiger partial charge in [0.2, 0.25) is 10.0 Å². The highest BCUT2D eigenvalue weighted by Crippen LogP contribution is 2.17. The summed E-state index contributed by atoms with van der Waals surface area (Å²) in [7, 11) is -3.37. The molecule has 116 valence electrons. The standard InChI is InChI=1S/C16H18N2O3S/c1-11-7-12(2)9-15(8-11)17-16(19)13-5-4-6-14(10-13)18-22(3,20)21/h4-10,18H,1-3H3,(H,17,19). The van der Waals surface area contributed by atoms with E-state index in [1.807, 2.05) is 32.0 Å². The fourth-order valence-electron chi connectivity index (χ4n) is 2.19. The molecule has 2 aromatic carbocycles. The van der Waals surface area contributed by atoms with Gasteiger partial charge in [0.15, 0.2) is 0 Å². The van der Waals surface area contributed by atoms with E-state index >= 15 is 0 Å². The van der Waals surface area contributed by atoms with Crippen LogP contribution in [0.2, 0.25) is 0 Å². The lowest BCUT2D eigenvalue weighted by Gasteiger charge is -2.09. The molecule has 5 nitrogen and oxygen atoms in total. The minimum absolute atomic E-state index is 0.290. The molecule has 0 atom stereocenters.